The van der Waals surface area contributed by atoms with Gasteiger partial charge in [-0.3, -0.25) is 9.59 Å². The first-order valence-corrected chi connectivity index (χ1v) is 16.4. The van der Waals surface area contributed by atoms with Crippen LogP contribution in [0.25, 0.3) is 44.6 Å². The van der Waals surface area contributed by atoms with Gasteiger partial charge in [-0.25, -0.2) is 4.98 Å². The minimum absolute atomic E-state index is 0.00775. The summed E-state index contributed by atoms with van der Waals surface area (Å²) < 4.78 is 10.4. The Morgan fingerprint density at radius 3 is 2.64 bits per heavy atom. The summed E-state index contributed by atoms with van der Waals surface area (Å²) >= 11 is 0. The van der Waals surface area contributed by atoms with E-state index in [0.29, 0.717) is 35.7 Å². The minimum Gasteiger partial charge on any atom is -0.494 e. The first-order valence-electron chi connectivity index (χ1n) is 16.4. The summed E-state index contributed by atoms with van der Waals surface area (Å²) in [6.07, 6.45) is 6.82. The van der Waals surface area contributed by atoms with E-state index in [4.69, 9.17) is 9.72 Å². The predicted molar refractivity (Wildman–Crippen MR) is 175 cm³/mol. The third-order valence-corrected chi connectivity index (χ3v) is 10.7. The summed E-state index contributed by atoms with van der Waals surface area (Å²) in [5, 5.41) is 4.13. The fourth-order valence-corrected chi connectivity index (χ4v) is 8.12. The molecule has 8 heteroatoms. The minimum atomic E-state index is 0.00775. The third kappa shape index (κ3) is 4.29. The molecule has 3 fully saturated rings. The lowest BCUT2D eigenvalue weighted by Crippen LogP contribution is -2.37. The molecule has 2 bridgehead atoms. The maximum absolute atomic E-state index is 13.7. The van der Waals surface area contributed by atoms with Gasteiger partial charge in [-0.05, 0) is 97.4 Å². The molecular formula is C37H37N5O3. The van der Waals surface area contributed by atoms with Crippen molar-refractivity contribution in [2.45, 2.75) is 51.1 Å². The highest BCUT2D eigenvalue weighted by molar-refractivity contribution is 6.01. The van der Waals surface area contributed by atoms with Crippen LogP contribution in [-0.2, 0) is 20.0 Å². The van der Waals surface area contributed by atoms with Crippen LogP contribution < -0.4 is 10.1 Å². The van der Waals surface area contributed by atoms with Gasteiger partial charge >= 0.3 is 0 Å². The molecule has 2 atom stereocenters. The molecule has 228 valence electrons. The van der Waals surface area contributed by atoms with Gasteiger partial charge in [-0.15, -0.1) is 0 Å². The van der Waals surface area contributed by atoms with Gasteiger partial charge < -0.3 is 24.1 Å². The molecule has 2 unspecified atom stereocenters. The molecule has 2 aliphatic carbocycles. The highest BCUT2D eigenvalue weighted by Gasteiger charge is 2.40. The molecule has 0 radical (unpaired) electrons. The van der Waals surface area contributed by atoms with Gasteiger partial charge in [0, 0.05) is 54.8 Å². The number of fused-ring (bicyclic) bond motifs is 5. The number of aromatic nitrogens is 3. The molecule has 2 aliphatic heterocycles. The summed E-state index contributed by atoms with van der Waals surface area (Å²) in [6, 6.07) is 19.3. The molecule has 0 spiro atoms. The van der Waals surface area contributed by atoms with E-state index >= 15 is 0 Å². The molecule has 9 rings (SSSR count). The van der Waals surface area contributed by atoms with Crippen molar-refractivity contribution in [3.05, 3.63) is 71.3 Å². The Hall–Kier alpha value is -4.59. The first-order chi connectivity index (χ1) is 21.9. The van der Waals surface area contributed by atoms with Gasteiger partial charge in [0.2, 0.25) is 0 Å². The lowest BCUT2D eigenvalue weighted by molar-refractivity contribution is 0.0703. The molecule has 1 N–H and O–H groups in total. The number of likely N-dealkylation sites (tertiary alicyclic amines) is 1. The van der Waals surface area contributed by atoms with E-state index in [0.717, 1.165) is 88.1 Å². The Balaban J connectivity index is 1.15. The maximum atomic E-state index is 13.7. The molecule has 8 nitrogen and oxygen atoms in total. The Morgan fingerprint density at radius 2 is 1.87 bits per heavy atom. The molecule has 4 heterocycles. The Morgan fingerprint density at radius 1 is 1.02 bits per heavy atom. The average molecular weight is 600 g/mol. The Labute approximate surface area is 262 Å². The monoisotopic (exact) mass is 599 g/mol. The van der Waals surface area contributed by atoms with Crippen molar-refractivity contribution in [3.8, 4) is 28.4 Å². The van der Waals surface area contributed by atoms with Crippen LogP contribution in [0.3, 0.4) is 0 Å². The SMILES string of the molecule is COc1cc(C(=O)N2CC3CCC2C3)cc2nc(-c3cc4ccc(-c5ccc6c(c5)C(=O)NCC6)cc4n3CC3CC3)n(C)c12. The van der Waals surface area contributed by atoms with Crippen LogP contribution >= 0.6 is 0 Å². The quantitative estimate of drug-likeness (QED) is 0.252. The van der Waals surface area contributed by atoms with Gasteiger partial charge in [0.05, 0.1) is 18.3 Å². The van der Waals surface area contributed by atoms with Crippen LogP contribution in [0, 0.1) is 11.8 Å². The van der Waals surface area contributed by atoms with Crippen molar-refractivity contribution in [2.75, 3.05) is 20.2 Å². The zero-order chi connectivity index (χ0) is 30.4. The number of nitrogens with one attached hydrogen (secondary N) is 1. The van der Waals surface area contributed by atoms with Gasteiger partial charge in [0.1, 0.15) is 11.3 Å². The van der Waals surface area contributed by atoms with Gasteiger partial charge in [-0.2, -0.15) is 0 Å². The fourth-order valence-electron chi connectivity index (χ4n) is 8.12. The van der Waals surface area contributed by atoms with Gasteiger partial charge in [0.15, 0.2) is 5.82 Å². The summed E-state index contributed by atoms with van der Waals surface area (Å²) in [6.45, 7) is 2.48. The number of hydrogen-bond acceptors (Lipinski definition) is 4. The normalized spacial score (nSPS) is 20.7. The predicted octanol–water partition coefficient (Wildman–Crippen LogP) is 6.19. The molecular weight excluding hydrogens is 562 g/mol. The average Bonchev–Trinajstić information content (AvgIpc) is 3.34. The lowest BCUT2D eigenvalue weighted by atomic mass is 9.95. The maximum Gasteiger partial charge on any atom is 0.254 e. The third-order valence-electron chi connectivity index (χ3n) is 10.7. The summed E-state index contributed by atoms with van der Waals surface area (Å²) in [5.74, 6) is 2.92. The highest BCUT2D eigenvalue weighted by Crippen LogP contribution is 2.41. The number of imidazole rings is 1. The Kier molecular flexibility index (Phi) is 5.93. The summed E-state index contributed by atoms with van der Waals surface area (Å²) in [7, 11) is 3.71. The summed E-state index contributed by atoms with van der Waals surface area (Å²) in [5.41, 5.74) is 8.56. The number of ether oxygens (including phenoxy) is 1. The number of carbonyl (C=O) groups excluding carboxylic acids is 2. The first kappa shape index (κ1) is 26.8. The van der Waals surface area contributed by atoms with Crippen molar-refractivity contribution in [2.24, 2.45) is 18.9 Å². The van der Waals surface area contributed by atoms with E-state index < -0.39 is 0 Å². The number of aryl methyl sites for hydroxylation is 1. The number of nitrogens with zero attached hydrogens (tertiary/aromatic N) is 4. The number of amides is 2. The number of carbonyl (C=O) groups is 2. The smallest absolute Gasteiger partial charge is 0.254 e. The topological polar surface area (TPSA) is 81.4 Å². The Bertz CT molecular complexity index is 2050. The van der Waals surface area contributed by atoms with Crippen LogP contribution in [0.1, 0.15) is 58.4 Å². The largest absolute Gasteiger partial charge is 0.494 e. The van der Waals surface area contributed by atoms with Crippen LogP contribution in [0.4, 0.5) is 0 Å². The van der Waals surface area contributed by atoms with Crippen LogP contribution in [0.5, 0.6) is 5.75 Å². The van der Waals surface area contributed by atoms with Crippen molar-refractivity contribution in [1.29, 1.82) is 0 Å². The summed E-state index contributed by atoms with van der Waals surface area (Å²) in [4.78, 5) is 33.5. The van der Waals surface area contributed by atoms with E-state index in [9.17, 15) is 9.59 Å². The standard InChI is InChI=1S/C37H37N5O3/c1-40-34-30(15-27(18-33(34)45-2)37(44)41-20-22-5-10-28(41)13-22)39-35(40)32-17-26-9-8-25(16-31(26)42(32)19-21-3-4-21)24-7-6-23-11-12-38-36(43)29(23)14-24/h6-9,14-18,21-22,28H,3-5,10-13,19-20H2,1-2H3,(H,38,43). The van der Waals surface area contributed by atoms with Crippen LogP contribution in [-0.4, -0.2) is 57.1 Å². The number of methoxy groups -OCH3 is 1. The number of hydrogen-bond donors (Lipinski definition) is 1. The van der Waals surface area contributed by atoms with E-state index in [2.05, 4.69) is 55.7 Å². The number of piperidine rings is 1. The van der Waals surface area contributed by atoms with E-state index in [1.54, 1.807) is 7.11 Å². The van der Waals surface area contributed by atoms with Crippen molar-refractivity contribution >= 4 is 33.8 Å². The molecule has 5 aromatic rings. The zero-order valence-electron chi connectivity index (χ0n) is 25.8. The lowest BCUT2D eigenvalue weighted by Gasteiger charge is -2.27. The molecule has 1 saturated heterocycles. The van der Waals surface area contributed by atoms with Gasteiger partial charge in [0.25, 0.3) is 11.8 Å². The van der Waals surface area contributed by atoms with Crippen LogP contribution in [0.2, 0.25) is 0 Å². The molecule has 2 aromatic heterocycles. The van der Waals surface area contributed by atoms with Gasteiger partial charge in [-0.1, -0.05) is 24.3 Å². The molecule has 4 aliphatic rings. The fraction of sp³-hybridized carbons (Fsp3) is 0.378. The van der Waals surface area contributed by atoms with E-state index in [-0.39, 0.29) is 11.8 Å². The van der Waals surface area contributed by atoms with Crippen LogP contribution in [0.15, 0.2) is 54.6 Å². The second-order valence-corrected chi connectivity index (χ2v) is 13.6. The number of rotatable bonds is 6. The van der Waals surface area contributed by atoms with Crippen molar-refractivity contribution in [3.63, 3.8) is 0 Å². The number of benzene rings is 3. The molecule has 2 amide bonds. The zero-order valence-corrected chi connectivity index (χ0v) is 25.8. The highest BCUT2D eigenvalue weighted by atomic mass is 16.5. The second-order valence-electron chi connectivity index (χ2n) is 13.6. The second kappa shape index (κ2) is 9.96. The van der Waals surface area contributed by atoms with E-state index in [1.165, 1.54) is 19.3 Å². The molecule has 45 heavy (non-hydrogen) atoms. The van der Waals surface area contributed by atoms with Crippen molar-refractivity contribution in [1.82, 2.24) is 24.3 Å². The molecule has 2 saturated carbocycles. The van der Waals surface area contributed by atoms with Crippen molar-refractivity contribution < 1.29 is 14.3 Å². The molecule has 3 aromatic carbocycles. The van der Waals surface area contributed by atoms with E-state index in [1.807, 2.05) is 25.2 Å².